The highest BCUT2D eigenvalue weighted by Crippen LogP contribution is 2.18. The van der Waals surface area contributed by atoms with Crippen LogP contribution >= 0.6 is 0 Å². The lowest BCUT2D eigenvalue weighted by molar-refractivity contribution is 0.306. The molecule has 4 heteroatoms. The highest BCUT2D eigenvalue weighted by atomic mass is 16.5. The summed E-state index contributed by atoms with van der Waals surface area (Å²) in [5, 5.41) is 0.596. The van der Waals surface area contributed by atoms with Gasteiger partial charge in [0, 0.05) is 0 Å². The molecule has 33 heavy (non-hydrogen) atoms. The van der Waals surface area contributed by atoms with Crippen molar-refractivity contribution in [3.8, 4) is 11.4 Å². The lowest BCUT2D eigenvalue weighted by Gasteiger charge is -2.11. The van der Waals surface area contributed by atoms with Gasteiger partial charge in [0.15, 0.2) is 0 Å². The zero-order valence-corrected chi connectivity index (χ0v) is 18.0. The molecule has 0 radical (unpaired) electrons. The summed E-state index contributed by atoms with van der Waals surface area (Å²) in [6.07, 6.45) is 3.83. The quantitative estimate of drug-likeness (QED) is 0.325. The van der Waals surface area contributed by atoms with Gasteiger partial charge in [-0.1, -0.05) is 78.9 Å². The van der Waals surface area contributed by atoms with Crippen LogP contribution in [0.4, 0.5) is 0 Å². The average molecular weight is 431 g/mol. The number of hydrogen-bond acceptors (Lipinski definition) is 3. The maximum atomic E-state index is 13.3. The van der Waals surface area contributed by atoms with Crippen molar-refractivity contribution in [1.82, 2.24) is 9.55 Å². The third-order valence-electron chi connectivity index (χ3n) is 5.37. The predicted octanol–water partition coefficient (Wildman–Crippen LogP) is 6.14. The highest BCUT2D eigenvalue weighted by molar-refractivity contribution is 5.80. The van der Waals surface area contributed by atoms with Crippen LogP contribution < -0.4 is 10.3 Å². The minimum Gasteiger partial charge on any atom is -0.489 e. The fourth-order valence-electron chi connectivity index (χ4n) is 3.68. The smallest absolute Gasteiger partial charge is 0.266 e. The molecule has 0 amide bonds. The second-order valence-electron chi connectivity index (χ2n) is 7.64. The van der Waals surface area contributed by atoms with Gasteiger partial charge in [-0.2, -0.15) is 0 Å². The number of rotatable bonds is 6. The second-order valence-corrected chi connectivity index (χ2v) is 7.64. The van der Waals surface area contributed by atoms with Crippen LogP contribution in [0.3, 0.4) is 0 Å². The topological polar surface area (TPSA) is 44.1 Å². The van der Waals surface area contributed by atoms with Gasteiger partial charge in [-0.3, -0.25) is 9.36 Å². The maximum Gasteiger partial charge on any atom is 0.266 e. The number of hydrogen-bond donors (Lipinski definition) is 0. The molecule has 0 fully saturated rings. The molecule has 0 saturated heterocycles. The zero-order valence-electron chi connectivity index (χ0n) is 18.0. The Labute approximate surface area is 192 Å². The maximum absolute atomic E-state index is 13.3. The summed E-state index contributed by atoms with van der Waals surface area (Å²) >= 11 is 0. The Hall–Kier alpha value is -4.44. The summed E-state index contributed by atoms with van der Waals surface area (Å²) in [4.78, 5) is 18.0. The molecule has 0 bridgehead atoms. The van der Waals surface area contributed by atoms with Crippen molar-refractivity contribution in [3.63, 3.8) is 0 Å². The fourth-order valence-corrected chi connectivity index (χ4v) is 3.68. The molecule has 0 N–H and O–H groups in total. The molecular weight excluding hydrogens is 408 g/mol. The van der Waals surface area contributed by atoms with Crippen molar-refractivity contribution in [2.24, 2.45) is 0 Å². The molecule has 0 atom stereocenters. The number of ether oxygens (including phenoxy) is 1. The van der Waals surface area contributed by atoms with Gasteiger partial charge in [-0.05, 0) is 53.6 Å². The lowest BCUT2D eigenvalue weighted by atomic mass is 10.2. The van der Waals surface area contributed by atoms with E-state index in [2.05, 4.69) is 0 Å². The summed E-state index contributed by atoms with van der Waals surface area (Å²) in [6, 6.07) is 35.0. The molecule has 0 aliphatic heterocycles. The van der Waals surface area contributed by atoms with Crippen LogP contribution in [0, 0.1) is 0 Å². The summed E-state index contributed by atoms with van der Waals surface area (Å²) in [5.41, 5.74) is 3.49. The summed E-state index contributed by atoms with van der Waals surface area (Å²) < 4.78 is 7.52. The van der Waals surface area contributed by atoms with Crippen LogP contribution in [-0.4, -0.2) is 9.55 Å². The SMILES string of the molecule is O=c1c2ccccc2nc(/C=C/c2ccc(OCc3ccccc3)cc2)n1-c1ccccc1. The second kappa shape index (κ2) is 9.37. The van der Waals surface area contributed by atoms with Crippen LogP contribution in [-0.2, 0) is 6.61 Å². The van der Waals surface area contributed by atoms with Crippen molar-refractivity contribution in [2.75, 3.05) is 0 Å². The molecule has 160 valence electrons. The molecule has 5 aromatic rings. The third-order valence-corrected chi connectivity index (χ3v) is 5.37. The van der Waals surface area contributed by atoms with Crippen LogP contribution in [0.15, 0.2) is 114 Å². The molecule has 0 aliphatic carbocycles. The van der Waals surface area contributed by atoms with Crippen molar-refractivity contribution in [3.05, 3.63) is 136 Å². The van der Waals surface area contributed by atoms with E-state index >= 15 is 0 Å². The van der Waals surface area contributed by atoms with Crippen molar-refractivity contribution >= 4 is 23.1 Å². The van der Waals surface area contributed by atoms with Gasteiger partial charge in [0.1, 0.15) is 18.2 Å². The van der Waals surface area contributed by atoms with Crippen LogP contribution in [0.1, 0.15) is 17.0 Å². The van der Waals surface area contributed by atoms with Crippen LogP contribution in [0.2, 0.25) is 0 Å². The third kappa shape index (κ3) is 4.60. The highest BCUT2D eigenvalue weighted by Gasteiger charge is 2.10. The molecule has 4 nitrogen and oxygen atoms in total. The van der Waals surface area contributed by atoms with Gasteiger partial charge in [-0.15, -0.1) is 0 Å². The molecule has 0 spiro atoms. The number of fused-ring (bicyclic) bond motifs is 1. The molecule has 5 rings (SSSR count). The number of nitrogens with zero attached hydrogens (tertiary/aromatic N) is 2. The van der Waals surface area contributed by atoms with Gasteiger partial charge in [0.25, 0.3) is 5.56 Å². The van der Waals surface area contributed by atoms with E-state index in [4.69, 9.17) is 9.72 Å². The van der Waals surface area contributed by atoms with E-state index in [0.29, 0.717) is 23.3 Å². The normalized spacial score (nSPS) is 11.2. The van der Waals surface area contributed by atoms with E-state index in [0.717, 1.165) is 22.6 Å². The van der Waals surface area contributed by atoms with Crippen molar-refractivity contribution in [2.45, 2.75) is 6.61 Å². The summed E-state index contributed by atoms with van der Waals surface area (Å²) in [6.45, 7) is 0.528. The van der Waals surface area contributed by atoms with Gasteiger partial charge in [0.2, 0.25) is 0 Å². The molecule has 1 aromatic heterocycles. The Bertz CT molecular complexity index is 1460. The van der Waals surface area contributed by atoms with E-state index in [1.54, 1.807) is 4.57 Å². The van der Waals surface area contributed by atoms with Gasteiger partial charge in [0.05, 0.1) is 16.6 Å². The Morgan fingerprint density at radius 1 is 0.727 bits per heavy atom. The number of aromatic nitrogens is 2. The molecule has 0 unspecified atom stereocenters. The van der Waals surface area contributed by atoms with Crippen molar-refractivity contribution < 1.29 is 4.74 Å². The van der Waals surface area contributed by atoms with Crippen LogP contribution in [0.25, 0.3) is 28.7 Å². The fraction of sp³-hybridized carbons (Fsp3) is 0.0345. The molecule has 0 aliphatic rings. The summed E-state index contributed by atoms with van der Waals surface area (Å²) in [7, 11) is 0. The first-order valence-electron chi connectivity index (χ1n) is 10.8. The lowest BCUT2D eigenvalue weighted by Crippen LogP contribution is -2.22. The molecule has 1 heterocycles. The Kier molecular flexibility index (Phi) is 5.81. The first-order valence-corrected chi connectivity index (χ1v) is 10.8. The van der Waals surface area contributed by atoms with Gasteiger partial charge < -0.3 is 4.74 Å². The first kappa shape index (κ1) is 20.5. The minimum atomic E-state index is -0.0869. The predicted molar refractivity (Wildman–Crippen MR) is 133 cm³/mol. The van der Waals surface area contributed by atoms with Gasteiger partial charge in [-0.25, -0.2) is 4.98 Å². The van der Waals surface area contributed by atoms with E-state index in [1.807, 2.05) is 121 Å². The van der Waals surface area contributed by atoms with E-state index < -0.39 is 0 Å². The monoisotopic (exact) mass is 430 g/mol. The molecule has 0 saturated carbocycles. The Balaban J connectivity index is 1.44. The standard InChI is InChI=1S/C29H22N2O2/c32-29-26-13-7-8-14-27(26)30-28(31(29)24-11-5-2-6-12-24)20-17-22-15-18-25(19-16-22)33-21-23-9-3-1-4-10-23/h1-20H,21H2/b20-17+. The van der Waals surface area contributed by atoms with Crippen LogP contribution in [0.5, 0.6) is 5.75 Å². The number of para-hydroxylation sites is 2. The molecule has 4 aromatic carbocycles. The van der Waals surface area contributed by atoms with E-state index in [1.165, 1.54) is 0 Å². The average Bonchev–Trinajstić information content (AvgIpc) is 2.88. The zero-order chi connectivity index (χ0) is 22.5. The minimum absolute atomic E-state index is 0.0869. The largest absolute Gasteiger partial charge is 0.489 e. The Morgan fingerprint density at radius 2 is 1.39 bits per heavy atom. The van der Waals surface area contributed by atoms with Crippen molar-refractivity contribution in [1.29, 1.82) is 0 Å². The van der Waals surface area contributed by atoms with E-state index in [9.17, 15) is 4.79 Å². The summed E-state index contributed by atoms with van der Waals surface area (Å²) in [5.74, 6) is 1.38. The number of benzene rings is 4. The van der Waals surface area contributed by atoms with E-state index in [-0.39, 0.29) is 5.56 Å². The Morgan fingerprint density at radius 3 is 2.15 bits per heavy atom. The van der Waals surface area contributed by atoms with Gasteiger partial charge >= 0.3 is 0 Å². The molecular formula is C29H22N2O2. The first-order chi connectivity index (χ1) is 16.3.